The Labute approximate surface area is 163 Å². The van der Waals surface area contributed by atoms with Crippen LogP contribution in [0.25, 0.3) is 0 Å². The number of carbonyl (C=O) groups excluding carboxylic acids is 1. The van der Waals surface area contributed by atoms with Gasteiger partial charge in [-0.05, 0) is 56.9 Å². The van der Waals surface area contributed by atoms with E-state index in [0.717, 1.165) is 31.3 Å². The van der Waals surface area contributed by atoms with Crippen LogP contribution < -0.4 is 0 Å². The summed E-state index contributed by atoms with van der Waals surface area (Å²) in [5, 5.41) is 20.6. The zero-order chi connectivity index (χ0) is 20.1. The van der Waals surface area contributed by atoms with Gasteiger partial charge in [0.05, 0.1) is 25.2 Å². The quantitative estimate of drug-likeness (QED) is 0.514. The number of allylic oxidation sites excluding steroid dienone is 1. The highest BCUT2D eigenvalue weighted by Crippen LogP contribution is 2.53. The highest BCUT2D eigenvalue weighted by molar-refractivity contribution is 5.86. The summed E-state index contributed by atoms with van der Waals surface area (Å²) < 4.78 is 11.8. The number of aliphatic hydroxyl groups excluding tert-OH is 1. The standard InChI is InChI=1S/C22H35NO4/c1-5-26-13-14-27-22(15-23,17-9-6-7-12-20(17,2)3)18-10-8-11-19(25)21(18,4)16-24/h9,18,24H,5-8,10-14,16H2,1-4H3/t18-,21+,22?/m1/s1. The molecule has 0 aromatic carbocycles. The third-order valence-electron chi connectivity index (χ3n) is 6.53. The van der Waals surface area contributed by atoms with Crippen LogP contribution in [0, 0.1) is 28.1 Å². The Morgan fingerprint density at radius 2 is 2.07 bits per heavy atom. The monoisotopic (exact) mass is 377 g/mol. The number of aliphatic hydroxyl groups is 1. The third-order valence-corrected chi connectivity index (χ3v) is 6.53. The Kier molecular flexibility index (Phi) is 7.24. The number of nitrogens with zero attached hydrogens (tertiary/aromatic N) is 1. The van der Waals surface area contributed by atoms with E-state index in [4.69, 9.17) is 9.47 Å². The fraction of sp³-hybridized carbons (Fsp3) is 0.818. The van der Waals surface area contributed by atoms with Gasteiger partial charge in [-0.15, -0.1) is 0 Å². The predicted molar refractivity (Wildman–Crippen MR) is 104 cm³/mol. The van der Waals surface area contributed by atoms with Gasteiger partial charge in [-0.2, -0.15) is 5.26 Å². The average Bonchev–Trinajstić information content (AvgIpc) is 2.65. The van der Waals surface area contributed by atoms with Gasteiger partial charge in [0.25, 0.3) is 0 Å². The zero-order valence-electron chi connectivity index (χ0n) is 17.3. The van der Waals surface area contributed by atoms with Gasteiger partial charge >= 0.3 is 0 Å². The molecule has 0 heterocycles. The van der Waals surface area contributed by atoms with Gasteiger partial charge in [0.15, 0.2) is 5.60 Å². The largest absolute Gasteiger partial charge is 0.395 e. The summed E-state index contributed by atoms with van der Waals surface area (Å²) in [4.78, 5) is 12.8. The summed E-state index contributed by atoms with van der Waals surface area (Å²) in [5.74, 6) is -0.338. The van der Waals surface area contributed by atoms with Gasteiger partial charge in [0.2, 0.25) is 0 Å². The van der Waals surface area contributed by atoms with Crippen molar-refractivity contribution in [1.82, 2.24) is 0 Å². The predicted octanol–water partition coefficient (Wildman–Crippen LogP) is 3.81. The first-order valence-corrected chi connectivity index (χ1v) is 10.3. The number of Topliss-reactive ketones (excluding diaryl/α,β-unsaturated/α-hetero) is 1. The molecule has 2 aliphatic rings. The van der Waals surface area contributed by atoms with E-state index < -0.39 is 11.0 Å². The Morgan fingerprint density at radius 1 is 1.33 bits per heavy atom. The van der Waals surface area contributed by atoms with Crippen LogP contribution >= 0.6 is 0 Å². The van der Waals surface area contributed by atoms with E-state index in [-0.39, 0.29) is 23.7 Å². The van der Waals surface area contributed by atoms with E-state index in [1.54, 1.807) is 6.92 Å². The van der Waals surface area contributed by atoms with E-state index in [9.17, 15) is 15.2 Å². The average molecular weight is 378 g/mol. The molecule has 0 bridgehead atoms. The van der Waals surface area contributed by atoms with E-state index in [0.29, 0.717) is 32.7 Å². The molecule has 27 heavy (non-hydrogen) atoms. The van der Waals surface area contributed by atoms with Crippen LogP contribution in [0.3, 0.4) is 0 Å². The maximum absolute atomic E-state index is 12.8. The lowest BCUT2D eigenvalue weighted by atomic mass is 9.55. The van der Waals surface area contributed by atoms with E-state index in [1.807, 2.05) is 6.92 Å². The molecule has 1 N–H and O–H groups in total. The van der Waals surface area contributed by atoms with Crippen LogP contribution in [0.2, 0.25) is 0 Å². The molecule has 0 amide bonds. The number of rotatable bonds is 8. The first kappa shape index (κ1) is 22.1. The third kappa shape index (κ3) is 4.13. The number of hydrogen-bond donors (Lipinski definition) is 1. The number of nitriles is 1. The molecular weight excluding hydrogens is 342 g/mol. The van der Waals surface area contributed by atoms with Gasteiger partial charge in [-0.25, -0.2) is 0 Å². The number of ketones is 1. The molecule has 152 valence electrons. The zero-order valence-corrected chi connectivity index (χ0v) is 17.3. The molecule has 5 nitrogen and oxygen atoms in total. The summed E-state index contributed by atoms with van der Waals surface area (Å²) >= 11 is 0. The molecule has 0 aliphatic heterocycles. The van der Waals surface area contributed by atoms with Crippen molar-refractivity contribution in [2.24, 2.45) is 16.7 Å². The molecule has 0 aromatic heterocycles. The van der Waals surface area contributed by atoms with Gasteiger partial charge in [0, 0.05) is 18.9 Å². The minimum atomic E-state index is -1.21. The Morgan fingerprint density at radius 3 is 2.67 bits per heavy atom. The molecule has 1 fully saturated rings. The van der Waals surface area contributed by atoms with Crippen LogP contribution in [0.5, 0.6) is 0 Å². The fourth-order valence-electron chi connectivity index (χ4n) is 4.91. The second kappa shape index (κ2) is 8.86. The first-order valence-electron chi connectivity index (χ1n) is 10.3. The summed E-state index contributed by atoms with van der Waals surface area (Å²) in [6.45, 7) is 9.05. The second-order valence-corrected chi connectivity index (χ2v) is 8.73. The van der Waals surface area contributed by atoms with Crippen molar-refractivity contribution in [3.05, 3.63) is 11.6 Å². The van der Waals surface area contributed by atoms with Gasteiger partial charge in [0.1, 0.15) is 11.9 Å². The summed E-state index contributed by atoms with van der Waals surface area (Å²) in [6.07, 6.45) is 6.99. The van der Waals surface area contributed by atoms with Gasteiger partial charge in [-0.3, -0.25) is 4.79 Å². The van der Waals surface area contributed by atoms with Crippen LogP contribution in [0.15, 0.2) is 11.6 Å². The molecule has 1 unspecified atom stereocenters. The molecule has 0 radical (unpaired) electrons. The molecule has 5 heteroatoms. The Hall–Kier alpha value is -1.22. The minimum absolute atomic E-state index is 0.0310. The first-order chi connectivity index (χ1) is 12.8. The molecule has 3 atom stereocenters. The summed E-state index contributed by atoms with van der Waals surface area (Å²) in [6, 6.07) is 2.49. The maximum atomic E-state index is 12.8. The number of carbonyl (C=O) groups is 1. The van der Waals surface area contributed by atoms with Gasteiger partial charge in [-0.1, -0.05) is 19.9 Å². The van der Waals surface area contributed by atoms with Gasteiger partial charge < -0.3 is 14.6 Å². The molecular formula is C22H35NO4. The summed E-state index contributed by atoms with van der Waals surface area (Å²) in [5.41, 5.74) is -1.39. The highest BCUT2D eigenvalue weighted by Gasteiger charge is 2.58. The SMILES string of the molecule is CCOCCOC(C#N)(C1=CCCCC1(C)C)[C@@H]1CCCC(=O)[C@@]1(C)CO. The van der Waals surface area contributed by atoms with Crippen molar-refractivity contribution in [3.8, 4) is 6.07 Å². The van der Waals surface area contributed by atoms with Crippen LogP contribution in [0.1, 0.15) is 66.2 Å². The lowest BCUT2D eigenvalue weighted by molar-refractivity contribution is -0.151. The fourth-order valence-corrected chi connectivity index (χ4v) is 4.91. The van der Waals surface area contributed by atoms with Crippen molar-refractivity contribution in [1.29, 1.82) is 5.26 Å². The normalized spacial score (nSPS) is 30.3. The molecule has 1 saturated carbocycles. The second-order valence-electron chi connectivity index (χ2n) is 8.73. The van der Waals surface area contributed by atoms with Crippen molar-refractivity contribution in [2.75, 3.05) is 26.4 Å². The van der Waals surface area contributed by atoms with Crippen molar-refractivity contribution < 1.29 is 19.4 Å². The molecule has 2 aliphatic carbocycles. The minimum Gasteiger partial charge on any atom is -0.395 e. The van der Waals surface area contributed by atoms with Crippen molar-refractivity contribution in [2.45, 2.75) is 71.8 Å². The number of ether oxygens (including phenoxy) is 2. The van der Waals surface area contributed by atoms with E-state index in [1.165, 1.54) is 0 Å². The van der Waals surface area contributed by atoms with Crippen LogP contribution in [0.4, 0.5) is 0 Å². The van der Waals surface area contributed by atoms with E-state index in [2.05, 4.69) is 26.0 Å². The molecule has 2 rings (SSSR count). The molecule has 0 saturated heterocycles. The van der Waals surface area contributed by atoms with E-state index >= 15 is 0 Å². The molecule has 0 aromatic rings. The smallest absolute Gasteiger partial charge is 0.180 e. The van der Waals surface area contributed by atoms with Crippen molar-refractivity contribution in [3.63, 3.8) is 0 Å². The van der Waals surface area contributed by atoms with Crippen LogP contribution in [-0.2, 0) is 14.3 Å². The highest BCUT2D eigenvalue weighted by atomic mass is 16.5. The van der Waals surface area contributed by atoms with Crippen LogP contribution in [-0.4, -0.2) is 42.9 Å². The summed E-state index contributed by atoms with van der Waals surface area (Å²) in [7, 11) is 0. The Bertz CT molecular complexity index is 606. The maximum Gasteiger partial charge on any atom is 0.180 e. The lowest BCUT2D eigenvalue weighted by Crippen LogP contribution is -2.57. The molecule has 0 spiro atoms. The topological polar surface area (TPSA) is 79.5 Å². The number of hydrogen-bond acceptors (Lipinski definition) is 5. The lowest BCUT2D eigenvalue weighted by Gasteiger charge is -2.51. The van der Waals surface area contributed by atoms with Crippen molar-refractivity contribution >= 4 is 5.78 Å². The Balaban J connectivity index is 2.52.